The molecule has 2 aromatic carbocycles. The maximum atomic E-state index is 5.91. The van der Waals surface area contributed by atoms with Crippen LogP contribution in [0.15, 0.2) is 60.9 Å². The van der Waals surface area contributed by atoms with E-state index >= 15 is 0 Å². The molecule has 1 unspecified atom stereocenters. The second kappa shape index (κ2) is 7.75. The zero-order chi connectivity index (χ0) is 17.8. The number of nitrogens with one attached hydrogen (secondary N) is 1. The predicted molar refractivity (Wildman–Crippen MR) is 103 cm³/mol. The minimum atomic E-state index is 0.300. The Bertz CT molecular complexity index is 857. The van der Waals surface area contributed by atoms with Gasteiger partial charge in [-0.1, -0.05) is 48.0 Å². The normalized spacial score (nSPS) is 16.6. The van der Waals surface area contributed by atoms with E-state index in [1.807, 2.05) is 12.3 Å². The van der Waals surface area contributed by atoms with Gasteiger partial charge >= 0.3 is 0 Å². The molecule has 3 aromatic rings. The fourth-order valence-electron chi connectivity index (χ4n) is 3.55. The molecule has 26 heavy (non-hydrogen) atoms. The van der Waals surface area contributed by atoms with Gasteiger partial charge < -0.3 is 14.6 Å². The van der Waals surface area contributed by atoms with Gasteiger partial charge in [0.25, 0.3) is 0 Å². The van der Waals surface area contributed by atoms with Gasteiger partial charge in [-0.2, -0.15) is 0 Å². The Morgan fingerprint density at radius 3 is 2.96 bits per heavy atom. The van der Waals surface area contributed by atoms with Gasteiger partial charge in [0.2, 0.25) is 0 Å². The molecule has 4 heteroatoms. The quantitative estimate of drug-likeness (QED) is 0.750. The van der Waals surface area contributed by atoms with Crippen molar-refractivity contribution in [2.24, 2.45) is 0 Å². The molecule has 1 N–H and O–H groups in total. The van der Waals surface area contributed by atoms with E-state index in [0.29, 0.717) is 6.04 Å². The maximum absolute atomic E-state index is 5.91. The third kappa shape index (κ3) is 3.81. The minimum Gasteiger partial charge on any atom is -0.493 e. The summed E-state index contributed by atoms with van der Waals surface area (Å²) < 4.78 is 8.13. The lowest BCUT2D eigenvalue weighted by atomic mass is 10.00. The first-order valence-electron chi connectivity index (χ1n) is 9.30. The topological polar surface area (TPSA) is 39.1 Å². The van der Waals surface area contributed by atoms with Crippen LogP contribution in [0.3, 0.4) is 0 Å². The molecule has 1 aliphatic heterocycles. The molecule has 0 saturated heterocycles. The predicted octanol–water partition coefficient (Wildman–Crippen LogP) is 4.24. The van der Waals surface area contributed by atoms with E-state index in [4.69, 9.17) is 4.74 Å². The summed E-state index contributed by atoms with van der Waals surface area (Å²) in [6.45, 7) is 4.52. The summed E-state index contributed by atoms with van der Waals surface area (Å²) in [5.74, 6) is 2.08. The number of hydrogen-bond donors (Lipinski definition) is 1. The number of aromatic nitrogens is 2. The summed E-state index contributed by atoms with van der Waals surface area (Å²) in [7, 11) is 0. The first-order valence-corrected chi connectivity index (χ1v) is 9.30. The summed E-state index contributed by atoms with van der Waals surface area (Å²) >= 11 is 0. The van der Waals surface area contributed by atoms with Crippen molar-refractivity contribution < 1.29 is 4.74 Å². The lowest BCUT2D eigenvalue weighted by molar-refractivity contribution is 0.315. The van der Waals surface area contributed by atoms with Crippen LogP contribution in [-0.4, -0.2) is 16.2 Å². The Hall–Kier alpha value is -2.59. The number of aryl methyl sites for hydroxylation is 1. The van der Waals surface area contributed by atoms with Crippen molar-refractivity contribution >= 4 is 0 Å². The number of rotatable bonds is 5. The van der Waals surface area contributed by atoms with Crippen molar-refractivity contribution in [3.05, 3.63) is 83.4 Å². The Morgan fingerprint density at radius 1 is 1.19 bits per heavy atom. The lowest BCUT2D eigenvalue weighted by Gasteiger charge is -2.19. The van der Waals surface area contributed by atoms with Gasteiger partial charge in [0.05, 0.1) is 13.2 Å². The first kappa shape index (κ1) is 16.9. The molecule has 4 rings (SSSR count). The van der Waals surface area contributed by atoms with E-state index in [2.05, 4.69) is 70.5 Å². The second-order valence-corrected chi connectivity index (χ2v) is 6.92. The van der Waals surface area contributed by atoms with Crippen LogP contribution < -0.4 is 10.1 Å². The third-order valence-electron chi connectivity index (χ3n) is 4.94. The molecule has 0 spiro atoms. The summed E-state index contributed by atoms with van der Waals surface area (Å²) in [6, 6.07) is 17.3. The molecule has 1 aromatic heterocycles. The van der Waals surface area contributed by atoms with Gasteiger partial charge in [-0.15, -0.1) is 0 Å². The highest BCUT2D eigenvalue weighted by atomic mass is 16.5. The summed E-state index contributed by atoms with van der Waals surface area (Å²) in [5, 5.41) is 3.71. The largest absolute Gasteiger partial charge is 0.493 e. The molecule has 0 aliphatic carbocycles. The smallest absolute Gasteiger partial charge is 0.124 e. The third-order valence-corrected chi connectivity index (χ3v) is 4.94. The number of ether oxygens (including phenoxy) is 1. The molecule has 0 bridgehead atoms. The average Bonchev–Trinajstić information content (AvgIpc) is 3.00. The zero-order valence-corrected chi connectivity index (χ0v) is 15.2. The Morgan fingerprint density at radius 2 is 2.08 bits per heavy atom. The van der Waals surface area contributed by atoms with E-state index in [9.17, 15) is 0 Å². The number of fused-ring (bicyclic) bond motifs is 1. The van der Waals surface area contributed by atoms with Crippen LogP contribution in [0.2, 0.25) is 0 Å². The van der Waals surface area contributed by atoms with Crippen molar-refractivity contribution in [1.29, 1.82) is 0 Å². The number of imidazole rings is 1. The van der Waals surface area contributed by atoms with Gasteiger partial charge in [-0.05, 0) is 31.4 Å². The fourth-order valence-corrected chi connectivity index (χ4v) is 3.55. The van der Waals surface area contributed by atoms with E-state index < -0.39 is 0 Å². The van der Waals surface area contributed by atoms with Gasteiger partial charge in [-0.25, -0.2) is 4.98 Å². The molecular weight excluding hydrogens is 322 g/mol. The summed E-state index contributed by atoms with van der Waals surface area (Å²) in [5.41, 5.74) is 3.82. The van der Waals surface area contributed by atoms with Crippen LogP contribution in [0.5, 0.6) is 5.75 Å². The highest BCUT2D eigenvalue weighted by Gasteiger charge is 2.20. The van der Waals surface area contributed by atoms with Crippen molar-refractivity contribution in [1.82, 2.24) is 14.9 Å². The van der Waals surface area contributed by atoms with Crippen molar-refractivity contribution in [3.8, 4) is 5.75 Å². The molecule has 2 heterocycles. The molecule has 0 fully saturated rings. The van der Waals surface area contributed by atoms with E-state index in [-0.39, 0.29) is 0 Å². The Balaban J connectivity index is 1.48. The minimum absolute atomic E-state index is 0.300. The van der Waals surface area contributed by atoms with Crippen LogP contribution in [0.1, 0.15) is 41.4 Å². The van der Waals surface area contributed by atoms with Crippen LogP contribution in [0, 0.1) is 6.92 Å². The van der Waals surface area contributed by atoms with Crippen molar-refractivity contribution in [2.45, 2.75) is 38.9 Å². The van der Waals surface area contributed by atoms with E-state index in [1.165, 1.54) is 16.7 Å². The Kier molecular flexibility index (Phi) is 5.02. The molecule has 4 nitrogen and oxygen atoms in total. The molecule has 0 amide bonds. The second-order valence-electron chi connectivity index (χ2n) is 6.92. The van der Waals surface area contributed by atoms with Crippen molar-refractivity contribution in [2.75, 3.05) is 6.61 Å². The lowest BCUT2D eigenvalue weighted by Crippen LogP contribution is -2.23. The van der Waals surface area contributed by atoms with Crippen LogP contribution in [0.4, 0.5) is 0 Å². The number of nitrogens with zero attached hydrogens (tertiary/aromatic N) is 2. The van der Waals surface area contributed by atoms with Gasteiger partial charge in [0, 0.05) is 30.5 Å². The van der Waals surface area contributed by atoms with E-state index in [1.54, 1.807) is 0 Å². The van der Waals surface area contributed by atoms with Crippen molar-refractivity contribution in [3.63, 3.8) is 0 Å². The van der Waals surface area contributed by atoms with Crippen LogP contribution in [-0.2, 0) is 13.1 Å². The average molecular weight is 347 g/mol. The molecular formula is C22H25N3O. The number of benzene rings is 2. The standard InChI is InChI=1S/C22H25N3O/c1-17-9-10-21-19(14-17)20(8-5-13-26-21)24-15-22-23-11-12-25(22)16-18-6-3-2-4-7-18/h2-4,6-7,9-12,14,20,24H,5,8,13,15-16H2,1H3. The first-order chi connectivity index (χ1) is 12.8. The summed E-state index contributed by atoms with van der Waals surface area (Å²) in [4.78, 5) is 4.56. The monoisotopic (exact) mass is 347 g/mol. The molecule has 0 saturated carbocycles. The van der Waals surface area contributed by atoms with Gasteiger partial charge in [-0.3, -0.25) is 0 Å². The zero-order valence-electron chi connectivity index (χ0n) is 15.2. The highest BCUT2D eigenvalue weighted by Crippen LogP contribution is 2.32. The molecule has 134 valence electrons. The van der Waals surface area contributed by atoms with Crippen LogP contribution >= 0.6 is 0 Å². The molecule has 0 radical (unpaired) electrons. The van der Waals surface area contributed by atoms with Gasteiger partial charge in [0.1, 0.15) is 11.6 Å². The van der Waals surface area contributed by atoms with Crippen LogP contribution in [0.25, 0.3) is 0 Å². The SMILES string of the molecule is Cc1ccc2c(c1)C(NCc1nccn1Cc1ccccc1)CCCO2. The molecule has 1 atom stereocenters. The fraction of sp³-hybridized carbons (Fsp3) is 0.318. The van der Waals surface area contributed by atoms with Gasteiger partial charge in [0.15, 0.2) is 0 Å². The Labute approximate surface area is 154 Å². The maximum Gasteiger partial charge on any atom is 0.124 e. The van der Waals surface area contributed by atoms with E-state index in [0.717, 1.165) is 44.1 Å². The summed E-state index contributed by atoms with van der Waals surface area (Å²) in [6.07, 6.45) is 6.08. The molecule has 1 aliphatic rings. The highest BCUT2D eigenvalue weighted by molar-refractivity contribution is 5.39. The number of hydrogen-bond acceptors (Lipinski definition) is 3.